The Morgan fingerprint density at radius 2 is 2.14 bits per heavy atom. The van der Waals surface area contributed by atoms with Gasteiger partial charge in [0.05, 0.1) is 12.3 Å². The molecule has 1 aliphatic rings. The van der Waals surface area contributed by atoms with Gasteiger partial charge >= 0.3 is 0 Å². The zero-order valence-electron chi connectivity index (χ0n) is 14.1. The summed E-state index contributed by atoms with van der Waals surface area (Å²) < 4.78 is 25.4. The molecule has 1 fully saturated rings. The number of nitrogens with zero attached hydrogens (tertiary/aromatic N) is 2. The third-order valence-corrected chi connectivity index (χ3v) is 4.65. The van der Waals surface area contributed by atoms with E-state index in [0.717, 1.165) is 25.0 Å². The number of piperidine rings is 1. The van der Waals surface area contributed by atoms with Crippen LogP contribution in [0.3, 0.4) is 0 Å². The molecule has 0 spiro atoms. The van der Waals surface area contributed by atoms with E-state index in [1.54, 1.807) is 4.90 Å². The predicted molar refractivity (Wildman–Crippen MR) is 89.1 cm³/mol. The number of amides is 1. The van der Waals surface area contributed by atoms with Crippen molar-refractivity contribution < 1.29 is 13.2 Å². The summed E-state index contributed by atoms with van der Waals surface area (Å²) in [5.41, 5.74) is 0.956. The monoisotopic (exact) mass is 331 g/mol. The maximum absolute atomic E-state index is 12.6. The molecule has 1 N–H and O–H groups in total. The molecule has 1 heterocycles. The maximum atomic E-state index is 12.6. The van der Waals surface area contributed by atoms with Crippen LogP contribution in [0.1, 0.15) is 33.6 Å². The van der Waals surface area contributed by atoms with Crippen LogP contribution in [0.15, 0.2) is 12.2 Å². The highest BCUT2D eigenvalue weighted by molar-refractivity contribution is 7.88. The van der Waals surface area contributed by atoms with Gasteiger partial charge in [0, 0.05) is 25.7 Å². The Morgan fingerprint density at radius 1 is 1.50 bits per heavy atom. The highest BCUT2D eigenvalue weighted by Crippen LogP contribution is 2.15. The first kappa shape index (κ1) is 19.1. The normalized spacial score (nSPS) is 21.4. The fraction of sp³-hybridized carbons (Fsp3) is 0.800. The third-order valence-electron chi connectivity index (χ3n) is 3.89. The van der Waals surface area contributed by atoms with E-state index in [1.165, 1.54) is 6.26 Å². The Hall–Kier alpha value is -0.920. The molecule has 7 heteroatoms. The average Bonchev–Trinajstić information content (AvgIpc) is 2.41. The molecule has 2 unspecified atom stereocenters. The molecule has 22 heavy (non-hydrogen) atoms. The standard InChI is InChI=1S/C15H29N3O3S/c1-6-17(10-12(2)3)15(19)13(4)18-9-7-8-14(11-18)16-22(5,20)21/h13-14,16H,2,6-11H2,1,3-5H3. The lowest BCUT2D eigenvalue weighted by Crippen LogP contribution is -2.54. The number of nitrogens with one attached hydrogen (secondary N) is 1. The van der Waals surface area contributed by atoms with Crippen molar-refractivity contribution in [1.29, 1.82) is 0 Å². The molecule has 0 saturated carbocycles. The van der Waals surface area contributed by atoms with Crippen molar-refractivity contribution in [3.05, 3.63) is 12.2 Å². The van der Waals surface area contributed by atoms with Gasteiger partial charge in [0.15, 0.2) is 0 Å². The van der Waals surface area contributed by atoms with E-state index in [4.69, 9.17) is 0 Å². The summed E-state index contributed by atoms with van der Waals surface area (Å²) in [6.07, 6.45) is 2.87. The molecule has 0 radical (unpaired) electrons. The zero-order chi connectivity index (χ0) is 16.9. The number of carbonyl (C=O) groups is 1. The molecular weight excluding hydrogens is 302 g/mol. The van der Waals surface area contributed by atoms with Crippen LogP contribution < -0.4 is 4.72 Å². The van der Waals surface area contributed by atoms with E-state index in [1.807, 2.05) is 20.8 Å². The highest BCUT2D eigenvalue weighted by atomic mass is 32.2. The molecule has 6 nitrogen and oxygen atoms in total. The Kier molecular flexibility index (Phi) is 7.02. The van der Waals surface area contributed by atoms with Crippen LogP contribution in [0, 0.1) is 0 Å². The summed E-state index contributed by atoms with van der Waals surface area (Å²) in [6.45, 7) is 12.2. The molecule has 128 valence electrons. The van der Waals surface area contributed by atoms with E-state index < -0.39 is 10.0 Å². The lowest BCUT2D eigenvalue weighted by molar-refractivity contribution is -0.136. The van der Waals surface area contributed by atoms with E-state index in [2.05, 4.69) is 16.2 Å². The van der Waals surface area contributed by atoms with Gasteiger partial charge in [0.2, 0.25) is 15.9 Å². The number of rotatable bonds is 7. The van der Waals surface area contributed by atoms with Crippen molar-refractivity contribution in [2.45, 2.75) is 45.7 Å². The molecule has 2 atom stereocenters. The number of hydrogen-bond acceptors (Lipinski definition) is 4. The van der Waals surface area contributed by atoms with Gasteiger partial charge in [-0.15, -0.1) is 0 Å². The predicted octanol–water partition coefficient (Wildman–Crippen LogP) is 0.813. The Bertz CT molecular complexity index is 504. The quantitative estimate of drug-likeness (QED) is 0.701. The lowest BCUT2D eigenvalue weighted by atomic mass is 10.0. The minimum absolute atomic E-state index is 0.0745. The second-order valence-corrected chi connectivity index (χ2v) is 7.99. The summed E-state index contributed by atoms with van der Waals surface area (Å²) in [4.78, 5) is 16.5. The first-order valence-corrected chi connectivity index (χ1v) is 9.67. The van der Waals surface area contributed by atoms with E-state index in [-0.39, 0.29) is 18.0 Å². The Labute approximate surface area is 134 Å². The van der Waals surface area contributed by atoms with Crippen LogP contribution in [0.25, 0.3) is 0 Å². The summed E-state index contributed by atoms with van der Waals surface area (Å²) in [7, 11) is -3.21. The molecule has 0 aromatic carbocycles. The lowest BCUT2D eigenvalue weighted by Gasteiger charge is -2.38. The minimum atomic E-state index is -3.21. The van der Waals surface area contributed by atoms with Crippen molar-refractivity contribution in [1.82, 2.24) is 14.5 Å². The van der Waals surface area contributed by atoms with E-state index in [9.17, 15) is 13.2 Å². The molecule has 0 aromatic heterocycles. The van der Waals surface area contributed by atoms with Crippen LogP contribution in [0.4, 0.5) is 0 Å². The fourth-order valence-corrected chi connectivity index (χ4v) is 3.65. The van der Waals surface area contributed by atoms with Gasteiger partial charge in [-0.25, -0.2) is 13.1 Å². The van der Waals surface area contributed by atoms with Crippen molar-refractivity contribution >= 4 is 15.9 Å². The molecule has 0 aromatic rings. The second kappa shape index (κ2) is 8.08. The first-order valence-electron chi connectivity index (χ1n) is 7.78. The maximum Gasteiger partial charge on any atom is 0.239 e. The van der Waals surface area contributed by atoms with Crippen molar-refractivity contribution in [2.75, 3.05) is 32.4 Å². The van der Waals surface area contributed by atoms with Crippen LogP contribution in [0.2, 0.25) is 0 Å². The van der Waals surface area contributed by atoms with Crippen molar-refractivity contribution in [3.8, 4) is 0 Å². The van der Waals surface area contributed by atoms with Crippen LogP contribution in [-0.4, -0.2) is 68.6 Å². The number of sulfonamides is 1. The fourth-order valence-electron chi connectivity index (χ4n) is 2.85. The second-order valence-electron chi connectivity index (χ2n) is 6.21. The van der Waals surface area contributed by atoms with Crippen molar-refractivity contribution in [3.63, 3.8) is 0 Å². The Balaban J connectivity index is 2.68. The van der Waals surface area contributed by atoms with Gasteiger partial charge in [-0.2, -0.15) is 0 Å². The topological polar surface area (TPSA) is 69.7 Å². The van der Waals surface area contributed by atoms with Gasteiger partial charge in [-0.05, 0) is 40.2 Å². The summed E-state index contributed by atoms with van der Waals surface area (Å²) in [6, 6.07) is -0.362. The minimum Gasteiger partial charge on any atom is -0.338 e. The smallest absolute Gasteiger partial charge is 0.239 e. The molecule has 0 bridgehead atoms. The van der Waals surface area contributed by atoms with Gasteiger partial charge in [0.25, 0.3) is 0 Å². The van der Waals surface area contributed by atoms with Crippen LogP contribution >= 0.6 is 0 Å². The SMILES string of the molecule is C=C(C)CN(CC)C(=O)C(C)N1CCCC(NS(C)(=O)=O)C1. The number of likely N-dealkylation sites (tertiary alicyclic amines) is 1. The molecule has 0 aliphatic carbocycles. The Morgan fingerprint density at radius 3 is 2.64 bits per heavy atom. The molecule has 1 saturated heterocycles. The summed E-state index contributed by atoms with van der Waals surface area (Å²) in [5, 5.41) is 0. The van der Waals surface area contributed by atoms with E-state index in [0.29, 0.717) is 19.6 Å². The van der Waals surface area contributed by atoms with Crippen molar-refractivity contribution in [2.24, 2.45) is 0 Å². The van der Waals surface area contributed by atoms with Gasteiger partial charge in [-0.3, -0.25) is 9.69 Å². The first-order chi connectivity index (χ1) is 10.1. The van der Waals surface area contributed by atoms with Crippen LogP contribution in [-0.2, 0) is 14.8 Å². The number of likely N-dealkylation sites (N-methyl/N-ethyl adjacent to an activating group) is 1. The van der Waals surface area contributed by atoms with Crippen LogP contribution in [0.5, 0.6) is 0 Å². The summed E-state index contributed by atoms with van der Waals surface area (Å²) in [5.74, 6) is 0.0745. The average molecular weight is 331 g/mol. The van der Waals surface area contributed by atoms with Gasteiger partial charge in [0.1, 0.15) is 0 Å². The highest BCUT2D eigenvalue weighted by Gasteiger charge is 2.30. The van der Waals surface area contributed by atoms with E-state index >= 15 is 0 Å². The molecule has 1 amide bonds. The third kappa shape index (κ3) is 6.06. The molecule has 1 aliphatic heterocycles. The van der Waals surface area contributed by atoms with Gasteiger partial charge < -0.3 is 4.90 Å². The zero-order valence-corrected chi connectivity index (χ0v) is 14.9. The summed E-state index contributed by atoms with van der Waals surface area (Å²) >= 11 is 0. The van der Waals surface area contributed by atoms with Gasteiger partial charge in [-0.1, -0.05) is 12.2 Å². The molecular formula is C15H29N3O3S. The number of hydrogen-bond donors (Lipinski definition) is 1. The molecule has 1 rings (SSSR count). The number of carbonyl (C=O) groups excluding carboxylic acids is 1. The largest absolute Gasteiger partial charge is 0.338 e.